The first-order valence-electron chi connectivity index (χ1n) is 6.57. The number of primary amides is 1. The number of ether oxygens (including phenoxy) is 1. The highest BCUT2D eigenvalue weighted by Crippen LogP contribution is 2.27. The van der Waals surface area contributed by atoms with Crippen LogP contribution >= 0.6 is 0 Å². The third-order valence-corrected chi connectivity index (χ3v) is 3.13. The molecule has 0 fully saturated rings. The molecule has 2 atom stereocenters. The van der Waals surface area contributed by atoms with Crippen LogP contribution in [0.25, 0.3) is 0 Å². The van der Waals surface area contributed by atoms with E-state index in [1.165, 1.54) is 0 Å². The molecule has 0 aromatic heterocycles. The normalized spacial score (nSPS) is 13.4. The lowest BCUT2D eigenvalue weighted by Gasteiger charge is -2.19. The Kier molecular flexibility index (Phi) is 4.92. The first-order valence-corrected chi connectivity index (χ1v) is 6.57. The van der Waals surface area contributed by atoms with Crippen LogP contribution in [0.5, 0.6) is 5.75 Å². The van der Waals surface area contributed by atoms with Gasteiger partial charge in [-0.1, -0.05) is 42.5 Å². The fourth-order valence-electron chi connectivity index (χ4n) is 1.98. The summed E-state index contributed by atoms with van der Waals surface area (Å²) in [6.45, 7) is -0.175. The van der Waals surface area contributed by atoms with E-state index in [-0.39, 0.29) is 6.61 Å². The Hall–Kier alpha value is -2.37. The Labute approximate surface area is 123 Å². The van der Waals surface area contributed by atoms with Gasteiger partial charge in [-0.2, -0.15) is 0 Å². The molecule has 0 spiro atoms. The Morgan fingerprint density at radius 1 is 1.05 bits per heavy atom. The van der Waals surface area contributed by atoms with Crippen molar-refractivity contribution in [1.29, 1.82) is 0 Å². The van der Waals surface area contributed by atoms with Crippen LogP contribution in [-0.4, -0.2) is 17.6 Å². The summed E-state index contributed by atoms with van der Waals surface area (Å²) in [7, 11) is 0. The van der Waals surface area contributed by atoms with E-state index in [1.807, 2.05) is 30.3 Å². The van der Waals surface area contributed by atoms with Gasteiger partial charge in [-0.3, -0.25) is 4.79 Å². The molecule has 2 rings (SSSR count). The number of amides is 1. The zero-order valence-electron chi connectivity index (χ0n) is 11.5. The van der Waals surface area contributed by atoms with Crippen LogP contribution in [0.1, 0.15) is 23.3 Å². The van der Waals surface area contributed by atoms with Crippen molar-refractivity contribution in [3.8, 4) is 5.75 Å². The summed E-state index contributed by atoms with van der Waals surface area (Å²) < 4.78 is 5.16. The van der Waals surface area contributed by atoms with Gasteiger partial charge in [-0.15, -0.1) is 0 Å². The minimum atomic E-state index is -0.822. The largest absolute Gasteiger partial charge is 0.484 e. The van der Waals surface area contributed by atoms with Crippen molar-refractivity contribution in [3.63, 3.8) is 0 Å². The van der Waals surface area contributed by atoms with Crippen molar-refractivity contribution in [1.82, 2.24) is 0 Å². The SMILES string of the molecule is NC(=O)COc1ccc(C(O)C(N)c2ccccc2)cc1. The fraction of sp³-hybridized carbons (Fsp3) is 0.188. The number of aliphatic hydroxyl groups excluding tert-OH is 1. The molecule has 0 aliphatic rings. The van der Waals surface area contributed by atoms with Crippen LogP contribution < -0.4 is 16.2 Å². The highest BCUT2D eigenvalue weighted by Gasteiger charge is 2.18. The molecular weight excluding hydrogens is 268 g/mol. The Morgan fingerprint density at radius 3 is 2.24 bits per heavy atom. The number of carbonyl (C=O) groups excluding carboxylic acids is 1. The molecule has 21 heavy (non-hydrogen) atoms. The first kappa shape index (κ1) is 15.0. The van der Waals surface area contributed by atoms with E-state index >= 15 is 0 Å². The van der Waals surface area contributed by atoms with E-state index in [9.17, 15) is 9.90 Å². The molecule has 1 amide bonds. The minimum Gasteiger partial charge on any atom is -0.484 e. The number of hydrogen-bond donors (Lipinski definition) is 3. The highest BCUT2D eigenvalue weighted by atomic mass is 16.5. The summed E-state index contributed by atoms with van der Waals surface area (Å²) in [6.07, 6.45) is -0.822. The number of benzene rings is 2. The Balaban J connectivity index is 2.05. The zero-order valence-corrected chi connectivity index (χ0v) is 11.5. The number of aliphatic hydroxyl groups is 1. The van der Waals surface area contributed by atoms with Crippen LogP contribution in [-0.2, 0) is 4.79 Å². The van der Waals surface area contributed by atoms with E-state index in [0.29, 0.717) is 11.3 Å². The average Bonchev–Trinajstić information content (AvgIpc) is 2.53. The van der Waals surface area contributed by atoms with Gasteiger partial charge in [0, 0.05) is 0 Å². The van der Waals surface area contributed by atoms with Crippen molar-refractivity contribution >= 4 is 5.91 Å². The van der Waals surface area contributed by atoms with Crippen molar-refractivity contribution in [3.05, 3.63) is 65.7 Å². The van der Waals surface area contributed by atoms with Crippen LogP contribution in [0.15, 0.2) is 54.6 Å². The van der Waals surface area contributed by atoms with Gasteiger partial charge in [0.25, 0.3) is 5.91 Å². The summed E-state index contributed by atoms with van der Waals surface area (Å²) in [6, 6.07) is 15.6. The van der Waals surface area contributed by atoms with Crippen LogP contribution in [0.2, 0.25) is 0 Å². The maximum atomic E-state index is 10.6. The van der Waals surface area contributed by atoms with Crippen LogP contribution in [0.4, 0.5) is 0 Å². The second-order valence-corrected chi connectivity index (χ2v) is 4.71. The van der Waals surface area contributed by atoms with E-state index in [2.05, 4.69) is 0 Å². The number of rotatable bonds is 6. The number of hydrogen-bond acceptors (Lipinski definition) is 4. The summed E-state index contributed by atoms with van der Waals surface area (Å²) >= 11 is 0. The molecule has 0 aliphatic carbocycles. The second-order valence-electron chi connectivity index (χ2n) is 4.71. The van der Waals surface area contributed by atoms with E-state index in [0.717, 1.165) is 5.56 Å². The predicted molar refractivity (Wildman–Crippen MR) is 79.5 cm³/mol. The third kappa shape index (κ3) is 4.05. The fourth-order valence-corrected chi connectivity index (χ4v) is 1.98. The lowest BCUT2D eigenvalue weighted by Crippen LogP contribution is -2.20. The molecule has 0 radical (unpaired) electrons. The van der Waals surface area contributed by atoms with Crippen LogP contribution in [0.3, 0.4) is 0 Å². The smallest absolute Gasteiger partial charge is 0.255 e. The standard InChI is InChI=1S/C16H18N2O3/c17-14(19)10-21-13-8-6-12(7-9-13)16(20)15(18)11-4-2-1-3-5-11/h1-9,15-16,20H,10,18H2,(H2,17,19). The topological polar surface area (TPSA) is 98.6 Å². The van der Waals surface area contributed by atoms with E-state index in [4.69, 9.17) is 16.2 Å². The molecule has 2 aromatic rings. The van der Waals surface area contributed by atoms with Gasteiger partial charge < -0.3 is 21.3 Å². The predicted octanol–water partition coefficient (Wildman–Crippen LogP) is 1.28. The Bertz CT molecular complexity index is 584. The third-order valence-electron chi connectivity index (χ3n) is 3.13. The molecule has 5 N–H and O–H groups in total. The molecular formula is C16H18N2O3. The first-order chi connectivity index (χ1) is 10.1. The minimum absolute atomic E-state index is 0.175. The van der Waals surface area contributed by atoms with Gasteiger partial charge >= 0.3 is 0 Å². The van der Waals surface area contributed by atoms with Crippen molar-refractivity contribution in [2.24, 2.45) is 11.5 Å². The molecule has 0 heterocycles. The molecule has 5 heteroatoms. The number of carbonyl (C=O) groups is 1. The van der Waals surface area contributed by atoms with Gasteiger partial charge in [0.05, 0.1) is 12.1 Å². The second kappa shape index (κ2) is 6.88. The summed E-state index contributed by atoms with van der Waals surface area (Å²) in [4.78, 5) is 10.6. The summed E-state index contributed by atoms with van der Waals surface area (Å²) in [5.74, 6) is -0.0248. The lowest BCUT2D eigenvalue weighted by atomic mass is 9.97. The van der Waals surface area contributed by atoms with E-state index in [1.54, 1.807) is 24.3 Å². The molecule has 0 saturated carbocycles. The molecule has 0 bridgehead atoms. The van der Waals surface area contributed by atoms with Crippen molar-refractivity contribution in [2.75, 3.05) is 6.61 Å². The molecule has 0 saturated heterocycles. The van der Waals surface area contributed by atoms with Gasteiger partial charge in [0.1, 0.15) is 5.75 Å². The van der Waals surface area contributed by atoms with Gasteiger partial charge in [-0.25, -0.2) is 0 Å². The lowest BCUT2D eigenvalue weighted by molar-refractivity contribution is -0.119. The molecule has 110 valence electrons. The average molecular weight is 286 g/mol. The Morgan fingerprint density at radius 2 is 1.67 bits per heavy atom. The monoisotopic (exact) mass is 286 g/mol. The summed E-state index contributed by atoms with van der Waals surface area (Å²) in [5.41, 5.74) is 12.6. The summed E-state index contributed by atoms with van der Waals surface area (Å²) in [5, 5.41) is 10.3. The maximum Gasteiger partial charge on any atom is 0.255 e. The zero-order chi connectivity index (χ0) is 15.2. The van der Waals surface area contributed by atoms with Gasteiger partial charge in [-0.05, 0) is 23.3 Å². The molecule has 2 unspecified atom stereocenters. The molecule has 2 aromatic carbocycles. The highest BCUT2D eigenvalue weighted by molar-refractivity contribution is 5.75. The van der Waals surface area contributed by atoms with Crippen LogP contribution in [0, 0.1) is 0 Å². The number of nitrogens with two attached hydrogens (primary N) is 2. The van der Waals surface area contributed by atoms with Gasteiger partial charge in [0.15, 0.2) is 6.61 Å². The van der Waals surface area contributed by atoms with E-state index < -0.39 is 18.1 Å². The quantitative estimate of drug-likeness (QED) is 0.745. The van der Waals surface area contributed by atoms with Crippen molar-refractivity contribution < 1.29 is 14.6 Å². The van der Waals surface area contributed by atoms with Crippen molar-refractivity contribution in [2.45, 2.75) is 12.1 Å². The maximum absolute atomic E-state index is 10.6. The molecule has 5 nitrogen and oxygen atoms in total. The molecule has 0 aliphatic heterocycles. The van der Waals surface area contributed by atoms with Gasteiger partial charge in [0.2, 0.25) is 0 Å².